The average molecular weight is 327 g/mol. The zero-order valence-electron chi connectivity index (χ0n) is 13.7. The van der Waals surface area contributed by atoms with Gasteiger partial charge >= 0.3 is 0 Å². The lowest BCUT2D eigenvalue weighted by Gasteiger charge is -2.27. The molecule has 1 aromatic carbocycles. The lowest BCUT2D eigenvalue weighted by molar-refractivity contribution is -0.117. The fraction of sp³-hybridized carbons (Fsp3) is 0.588. The molecule has 2 rings (SSSR count). The zero-order valence-corrected chi connectivity index (χ0v) is 14.5. The Morgan fingerprint density at radius 2 is 2.05 bits per heavy atom. The highest BCUT2D eigenvalue weighted by Gasteiger charge is 2.34. The van der Waals surface area contributed by atoms with Gasteiger partial charge in [0.15, 0.2) is 0 Å². The van der Waals surface area contributed by atoms with Gasteiger partial charge in [-0.1, -0.05) is 26.3 Å². The van der Waals surface area contributed by atoms with E-state index in [1.165, 1.54) is 5.56 Å². The monoisotopic (exact) mass is 326 g/mol. The SMILES string of the molecule is CCCCc1ccc(O)c2c1CC(=O)N2C(C)NCCC.Cl. The first-order valence-corrected chi connectivity index (χ1v) is 7.99. The molecule has 0 saturated carbocycles. The minimum absolute atomic E-state index is 0. The predicted molar refractivity (Wildman–Crippen MR) is 92.9 cm³/mol. The summed E-state index contributed by atoms with van der Waals surface area (Å²) in [5.74, 6) is 0.279. The average Bonchev–Trinajstić information content (AvgIpc) is 2.82. The van der Waals surface area contributed by atoms with E-state index in [0.717, 1.165) is 37.8 Å². The summed E-state index contributed by atoms with van der Waals surface area (Å²) in [4.78, 5) is 14.1. The van der Waals surface area contributed by atoms with Crippen molar-refractivity contribution in [3.8, 4) is 5.75 Å². The van der Waals surface area contributed by atoms with Crippen LogP contribution in [0.4, 0.5) is 5.69 Å². The van der Waals surface area contributed by atoms with Crippen LogP contribution in [0.5, 0.6) is 5.75 Å². The van der Waals surface area contributed by atoms with Gasteiger partial charge in [-0.2, -0.15) is 0 Å². The Balaban J connectivity index is 0.00000242. The molecule has 1 aliphatic heterocycles. The molecule has 0 aromatic heterocycles. The molecule has 22 heavy (non-hydrogen) atoms. The van der Waals surface area contributed by atoms with Crippen molar-refractivity contribution in [2.75, 3.05) is 11.4 Å². The first kappa shape index (κ1) is 18.8. The van der Waals surface area contributed by atoms with Crippen LogP contribution in [-0.4, -0.2) is 23.7 Å². The van der Waals surface area contributed by atoms with Crippen molar-refractivity contribution in [1.29, 1.82) is 0 Å². The molecule has 1 unspecified atom stereocenters. The summed E-state index contributed by atoms with van der Waals surface area (Å²) in [5, 5.41) is 13.6. The number of carbonyl (C=O) groups is 1. The number of halogens is 1. The highest BCUT2D eigenvalue weighted by Crippen LogP contribution is 2.40. The molecule has 0 radical (unpaired) electrons. The second kappa shape index (κ2) is 8.39. The number of benzene rings is 1. The van der Waals surface area contributed by atoms with E-state index in [-0.39, 0.29) is 30.2 Å². The van der Waals surface area contributed by atoms with Crippen molar-refractivity contribution in [3.05, 3.63) is 23.3 Å². The number of anilines is 1. The van der Waals surface area contributed by atoms with Gasteiger partial charge in [0, 0.05) is 0 Å². The molecular weight excluding hydrogens is 300 g/mol. The Morgan fingerprint density at radius 3 is 2.68 bits per heavy atom. The van der Waals surface area contributed by atoms with Gasteiger partial charge in [0.05, 0.1) is 18.3 Å². The second-order valence-corrected chi connectivity index (χ2v) is 5.75. The molecule has 1 aliphatic rings. The maximum Gasteiger partial charge on any atom is 0.232 e. The number of amides is 1. The molecule has 0 fully saturated rings. The predicted octanol–water partition coefficient (Wildman–Crippen LogP) is 3.39. The van der Waals surface area contributed by atoms with E-state index in [0.29, 0.717) is 12.1 Å². The fourth-order valence-electron chi connectivity index (χ4n) is 2.95. The Kier molecular flexibility index (Phi) is 7.17. The van der Waals surface area contributed by atoms with E-state index in [9.17, 15) is 9.90 Å². The maximum atomic E-state index is 12.4. The van der Waals surface area contributed by atoms with E-state index in [4.69, 9.17) is 0 Å². The molecule has 0 saturated heterocycles. The number of hydrogen-bond acceptors (Lipinski definition) is 3. The smallest absolute Gasteiger partial charge is 0.232 e. The third-order valence-corrected chi connectivity index (χ3v) is 4.07. The van der Waals surface area contributed by atoms with Gasteiger partial charge in [0.1, 0.15) is 5.75 Å². The molecule has 1 amide bonds. The normalized spacial score (nSPS) is 14.7. The Bertz CT molecular complexity index is 520. The number of rotatable bonds is 7. The maximum absolute atomic E-state index is 12.4. The molecule has 0 aliphatic carbocycles. The van der Waals surface area contributed by atoms with E-state index >= 15 is 0 Å². The molecule has 124 valence electrons. The summed E-state index contributed by atoms with van der Waals surface area (Å²) in [6.45, 7) is 7.09. The number of hydrogen-bond donors (Lipinski definition) is 2. The van der Waals surface area contributed by atoms with E-state index in [2.05, 4.69) is 19.2 Å². The molecular formula is C17H27ClN2O2. The van der Waals surface area contributed by atoms with Gasteiger partial charge in [-0.05, 0) is 49.9 Å². The van der Waals surface area contributed by atoms with Crippen LogP contribution in [0.2, 0.25) is 0 Å². The van der Waals surface area contributed by atoms with Crippen LogP contribution in [0, 0.1) is 0 Å². The summed E-state index contributed by atoms with van der Waals surface area (Å²) in [6.07, 6.45) is 4.53. The Hall–Kier alpha value is -1.26. The van der Waals surface area contributed by atoms with Gasteiger partial charge in [-0.15, -0.1) is 12.4 Å². The van der Waals surface area contributed by atoms with Gasteiger partial charge < -0.3 is 5.11 Å². The molecule has 0 bridgehead atoms. The van der Waals surface area contributed by atoms with Crippen molar-refractivity contribution in [2.24, 2.45) is 0 Å². The number of aryl methyl sites for hydroxylation is 1. The van der Waals surface area contributed by atoms with E-state index < -0.39 is 0 Å². The van der Waals surface area contributed by atoms with Crippen LogP contribution in [0.15, 0.2) is 12.1 Å². The van der Waals surface area contributed by atoms with Crippen molar-refractivity contribution < 1.29 is 9.90 Å². The van der Waals surface area contributed by atoms with Crippen molar-refractivity contribution in [3.63, 3.8) is 0 Å². The first-order valence-electron chi connectivity index (χ1n) is 7.99. The highest BCUT2D eigenvalue weighted by atomic mass is 35.5. The number of nitrogens with one attached hydrogen (secondary N) is 1. The van der Waals surface area contributed by atoms with E-state index in [1.54, 1.807) is 11.0 Å². The molecule has 1 aromatic rings. The van der Waals surface area contributed by atoms with Crippen molar-refractivity contribution >= 4 is 24.0 Å². The largest absolute Gasteiger partial charge is 0.506 e. The topological polar surface area (TPSA) is 52.6 Å². The lowest BCUT2D eigenvalue weighted by atomic mass is 9.99. The minimum atomic E-state index is -0.0916. The molecule has 1 atom stereocenters. The van der Waals surface area contributed by atoms with Crippen LogP contribution in [0.3, 0.4) is 0 Å². The van der Waals surface area contributed by atoms with Crippen molar-refractivity contribution in [2.45, 2.75) is 59.0 Å². The number of fused-ring (bicyclic) bond motifs is 1. The molecule has 1 heterocycles. The van der Waals surface area contributed by atoms with E-state index in [1.807, 2.05) is 13.0 Å². The number of phenols is 1. The molecule has 4 nitrogen and oxygen atoms in total. The summed E-state index contributed by atoms with van der Waals surface area (Å²) in [6, 6.07) is 3.69. The van der Waals surface area contributed by atoms with Gasteiger partial charge in [-0.3, -0.25) is 15.0 Å². The third-order valence-electron chi connectivity index (χ3n) is 4.07. The first-order chi connectivity index (χ1) is 10.1. The standard InChI is InChI=1S/C17H26N2O2.ClH/c1-4-6-7-13-8-9-15(20)17-14(13)11-16(21)19(17)12(3)18-10-5-2;/h8-9,12,18,20H,4-7,10-11H2,1-3H3;1H. The fourth-order valence-corrected chi connectivity index (χ4v) is 2.95. The van der Waals surface area contributed by atoms with Gasteiger partial charge in [0.25, 0.3) is 0 Å². The van der Waals surface area contributed by atoms with Gasteiger partial charge in [-0.25, -0.2) is 0 Å². The lowest BCUT2D eigenvalue weighted by Crippen LogP contribution is -2.45. The zero-order chi connectivity index (χ0) is 15.4. The Labute approximate surface area is 139 Å². The molecule has 0 spiro atoms. The summed E-state index contributed by atoms with van der Waals surface area (Å²) >= 11 is 0. The number of nitrogens with zero attached hydrogens (tertiary/aromatic N) is 1. The molecule has 5 heteroatoms. The van der Waals surface area contributed by atoms with Crippen LogP contribution in [0.1, 0.15) is 51.2 Å². The second-order valence-electron chi connectivity index (χ2n) is 5.75. The summed E-state index contributed by atoms with van der Waals surface area (Å²) < 4.78 is 0. The van der Waals surface area contributed by atoms with Crippen LogP contribution in [0.25, 0.3) is 0 Å². The number of carbonyl (C=O) groups excluding carboxylic acids is 1. The van der Waals surface area contributed by atoms with Crippen LogP contribution in [-0.2, 0) is 17.6 Å². The quantitative estimate of drug-likeness (QED) is 0.807. The summed E-state index contributed by atoms with van der Waals surface area (Å²) in [5.41, 5.74) is 2.92. The number of unbranched alkanes of at least 4 members (excludes halogenated alkanes) is 1. The molecule has 2 N–H and O–H groups in total. The number of aromatic hydroxyl groups is 1. The van der Waals surface area contributed by atoms with Crippen LogP contribution >= 0.6 is 12.4 Å². The van der Waals surface area contributed by atoms with Gasteiger partial charge in [0.2, 0.25) is 5.91 Å². The summed E-state index contributed by atoms with van der Waals surface area (Å²) in [7, 11) is 0. The minimum Gasteiger partial charge on any atom is -0.506 e. The third kappa shape index (κ3) is 3.73. The van der Waals surface area contributed by atoms with Crippen LogP contribution < -0.4 is 10.2 Å². The number of phenolic OH excluding ortho intramolecular Hbond substituents is 1. The Morgan fingerprint density at radius 1 is 1.32 bits per heavy atom. The van der Waals surface area contributed by atoms with Crippen molar-refractivity contribution in [1.82, 2.24) is 5.32 Å². The highest BCUT2D eigenvalue weighted by molar-refractivity contribution is 6.04.